The predicted octanol–water partition coefficient (Wildman–Crippen LogP) is 24.5. The first-order chi connectivity index (χ1) is 40.5. The van der Waals surface area contributed by atoms with Gasteiger partial charge in [-0.1, -0.05) is 378 Å². The zero-order valence-electron chi connectivity index (χ0n) is 55.8. The molecule has 6 nitrogen and oxygen atoms in total. The van der Waals surface area contributed by atoms with E-state index < -0.39 is 12.1 Å². The first-order valence-corrected chi connectivity index (χ1v) is 37.6. The molecule has 0 saturated carbocycles. The van der Waals surface area contributed by atoms with Crippen molar-refractivity contribution in [3.63, 3.8) is 0 Å². The van der Waals surface area contributed by atoms with Crippen LogP contribution in [0.3, 0.4) is 0 Å². The lowest BCUT2D eigenvalue weighted by atomic mass is 10.0. The average molecular weight is 1160 g/mol. The number of carbonyl (C=O) groups excluding carboxylic acids is 2. The van der Waals surface area contributed by atoms with Crippen LogP contribution in [0.1, 0.15) is 425 Å². The normalized spacial score (nSPS) is 12.6. The van der Waals surface area contributed by atoms with E-state index in [-0.39, 0.29) is 18.5 Å². The molecule has 486 valence electrons. The Bertz CT molecular complexity index is 1280. The summed E-state index contributed by atoms with van der Waals surface area (Å²) in [6.07, 6.45) is 91.4. The predicted molar refractivity (Wildman–Crippen MR) is 361 cm³/mol. The van der Waals surface area contributed by atoms with Crippen molar-refractivity contribution in [2.24, 2.45) is 0 Å². The van der Waals surface area contributed by atoms with E-state index in [1.807, 2.05) is 6.08 Å². The molecule has 0 fully saturated rings. The van der Waals surface area contributed by atoms with Crippen LogP contribution in [0, 0.1) is 0 Å². The number of hydrogen-bond acceptors (Lipinski definition) is 5. The number of aliphatic hydroxyl groups excluding tert-OH is 2. The second kappa shape index (κ2) is 71.8. The van der Waals surface area contributed by atoms with Crippen LogP contribution >= 0.6 is 0 Å². The minimum absolute atomic E-state index is 0.0219. The largest absolute Gasteiger partial charge is 0.466 e. The van der Waals surface area contributed by atoms with Gasteiger partial charge in [0, 0.05) is 12.8 Å². The molecule has 0 saturated heterocycles. The van der Waals surface area contributed by atoms with Gasteiger partial charge in [0.25, 0.3) is 0 Å². The zero-order chi connectivity index (χ0) is 59.2. The number of hydrogen-bond donors (Lipinski definition) is 3. The van der Waals surface area contributed by atoms with Crippen LogP contribution in [0.4, 0.5) is 0 Å². The molecule has 0 aliphatic heterocycles. The van der Waals surface area contributed by atoms with Crippen molar-refractivity contribution in [3.8, 4) is 0 Å². The lowest BCUT2D eigenvalue weighted by Crippen LogP contribution is -2.45. The Hall–Kier alpha value is -1.66. The van der Waals surface area contributed by atoms with Gasteiger partial charge in [-0.25, -0.2) is 0 Å². The van der Waals surface area contributed by atoms with Gasteiger partial charge in [-0.2, -0.15) is 0 Å². The molecule has 0 aromatic heterocycles. The molecule has 0 radical (unpaired) electrons. The van der Waals surface area contributed by atoms with Gasteiger partial charge in [-0.05, 0) is 57.8 Å². The third-order valence-electron chi connectivity index (χ3n) is 17.7. The van der Waals surface area contributed by atoms with Gasteiger partial charge in [0.2, 0.25) is 5.91 Å². The van der Waals surface area contributed by atoms with Gasteiger partial charge in [0.15, 0.2) is 0 Å². The third kappa shape index (κ3) is 67.5. The van der Waals surface area contributed by atoms with Crippen molar-refractivity contribution in [1.82, 2.24) is 5.32 Å². The number of esters is 1. The molecular formula is C76H147NO5. The summed E-state index contributed by atoms with van der Waals surface area (Å²) in [5.41, 5.74) is 0. The molecule has 2 unspecified atom stereocenters. The summed E-state index contributed by atoms with van der Waals surface area (Å²) in [4.78, 5) is 24.6. The summed E-state index contributed by atoms with van der Waals surface area (Å²) in [7, 11) is 0. The third-order valence-corrected chi connectivity index (χ3v) is 17.7. The number of unbranched alkanes of at least 4 members (excludes halogenated alkanes) is 58. The Morgan fingerprint density at radius 1 is 0.329 bits per heavy atom. The van der Waals surface area contributed by atoms with E-state index in [0.29, 0.717) is 19.4 Å². The van der Waals surface area contributed by atoms with Crippen LogP contribution in [0.25, 0.3) is 0 Å². The van der Waals surface area contributed by atoms with Crippen molar-refractivity contribution < 1.29 is 24.5 Å². The number of amides is 1. The number of carbonyl (C=O) groups is 2. The number of aliphatic hydroxyl groups is 2. The van der Waals surface area contributed by atoms with Crippen molar-refractivity contribution in [2.45, 2.75) is 437 Å². The Morgan fingerprint density at radius 3 is 0.866 bits per heavy atom. The van der Waals surface area contributed by atoms with Crippen molar-refractivity contribution in [1.29, 1.82) is 0 Å². The van der Waals surface area contributed by atoms with Crippen LogP contribution in [-0.4, -0.2) is 47.4 Å². The Balaban J connectivity index is 3.36. The fraction of sp³-hybridized carbons (Fsp3) is 0.921. The second-order valence-electron chi connectivity index (χ2n) is 26.0. The quantitative estimate of drug-likeness (QED) is 0.0320. The molecule has 6 heteroatoms. The zero-order valence-corrected chi connectivity index (χ0v) is 55.8. The van der Waals surface area contributed by atoms with E-state index in [1.165, 1.54) is 360 Å². The standard InChI is InChI=1S/C76H147NO5/c1-3-5-7-9-11-13-15-17-19-21-33-38-42-46-50-54-58-62-66-70-76(81)82-71-67-63-59-55-51-47-43-39-35-32-30-28-26-24-22-23-25-27-29-31-34-37-41-45-49-53-57-61-65-69-75(80)77-73(72-78)74(79)68-64-60-56-52-48-44-40-36-20-18-16-14-12-10-8-6-4-2/h22,24,64,68,73-74,78-79H,3-21,23,25-63,65-67,69-72H2,1-2H3,(H,77,80)/b24-22-,68-64+. The molecule has 0 aliphatic carbocycles. The Labute approximate surface area is 513 Å². The van der Waals surface area contributed by atoms with Crippen molar-refractivity contribution in [2.75, 3.05) is 13.2 Å². The van der Waals surface area contributed by atoms with Gasteiger partial charge in [-0.3, -0.25) is 9.59 Å². The van der Waals surface area contributed by atoms with E-state index in [0.717, 1.165) is 38.5 Å². The summed E-state index contributed by atoms with van der Waals surface area (Å²) >= 11 is 0. The molecule has 1 amide bonds. The van der Waals surface area contributed by atoms with Crippen LogP contribution in [0.2, 0.25) is 0 Å². The molecule has 0 aliphatic rings. The minimum Gasteiger partial charge on any atom is -0.466 e. The fourth-order valence-corrected chi connectivity index (χ4v) is 12.0. The molecule has 0 aromatic carbocycles. The highest BCUT2D eigenvalue weighted by Gasteiger charge is 2.18. The lowest BCUT2D eigenvalue weighted by Gasteiger charge is -2.20. The summed E-state index contributed by atoms with van der Waals surface area (Å²) in [5, 5.41) is 23.2. The van der Waals surface area contributed by atoms with Gasteiger partial charge < -0.3 is 20.3 Å². The second-order valence-corrected chi connectivity index (χ2v) is 26.0. The highest BCUT2D eigenvalue weighted by atomic mass is 16.5. The smallest absolute Gasteiger partial charge is 0.305 e. The molecule has 0 bridgehead atoms. The van der Waals surface area contributed by atoms with E-state index in [2.05, 4.69) is 31.3 Å². The maximum absolute atomic E-state index is 12.5. The monoisotopic (exact) mass is 1150 g/mol. The fourth-order valence-electron chi connectivity index (χ4n) is 12.0. The van der Waals surface area contributed by atoms with Crippen LogP contribution in [0.5, 0.6) is 0 Å². The van der Waals surface area contributed by atoms with E-state index in [4.69, 9.17) is 4.74 Å². The lowest BCUT2D eigenvalue weighted by molar-refractivity contribution is -0.143. The molecule has 0 heterocycles. The first-order valence-electron chi connectivity index (χ1n) is 37.6. The summed E-state index contributed by atoms with van der Waals surface area (Å²) in [6, 6.07) is -0.627. The summed E-state index contributed by atoms with van der Waals surface area (Å²) < 4.78 is 5.52. The topological polar surface area (TPSA) is 95.9 Å². The summed E-state index contributed by atoms with van der Waals surface area (Å²) in [5.74, 6) is -0.0418. The van der Waals surface area contributed by atoms with Gasteiger partial charge >= 0.3 is 5.97 Å². The first kappa shape index (κ1) is 80.3. The molecule has 0 spiro atoms. The van der Waals surface area contributed by atoms with Gasteiger partial charge in [0.1, 0.15) is 0 Å². The average Bonchev–Trinajstić information content (AvgIpc) is 3.48. The molecule has 3 N–H and O–H groups in total. The van der Waals surface area contributed by atoms with Crippen molar-refractivity contribution >= 4 is 11.9 Å². The molecule has 0 rings (SSSR count). The molecule has 82 heavy (non-hydrogen) atoms. The van der Waals surface area contributed by atoms with Gasteiger partial charge in [0.05, 0.1) is 25.4 Å². The van der Waals surface area contributed by atoms with Crippen LogP contribution in [0.15, 0.2) is 24.3 Å². The Morgan fingerprint density at radius 2 is 0.573 bits per heavy atom. The summed E-state index contributed by atoms with van der Waals surface area (Å²) in [6.45, 7) is 4.95. The maximum Gasteiger partial charge on any atom is 0.305 e. The van der Waals surface area contributed by atoms with Crippen LogP contribution in [-0.2, 0) is 14.3 Å². The highest BCUT2D eigenvalue weighted by molar-refractivity contribution is 5.76. The van der Waals surface area contributed by atoms with E-state index in [1.54, 1.807) is 6.08 Å². The maximum atomic E-state index is 12.5. The molecule has 0 aromatic rings. The van der Waals surface area contributed by atoms with Crippen LogP contribution < -0.4 is 5.32 Å². The molecule has 2 atom stereocenters. The van der Waals surface area contributed by atoms with Crippen molar-refractivity contribution in [3.05, 3.63) is 24.3 Å². The number of rotatable bonds is 71. The molecular weight excluding hydrogens is 1010 g/mol. The van der Waals surface area contributed by atoms with E-state index in [9.17, 15) is 19.8 Å². The van der Waals surface area contributed by atoms with Gasteiger partial charge in [-0.15, -0.1) is 0 Å². The highest BCUT2D eigenvalue weighted by Crippen LogP contribution is 2.19. The SMILES string of the molecule is CCCCCCCCCCCCCCCCC/C=C/C(O)C(CO)NC(=O)CCCCCCCCCCCCCCC/C=C\CCCCCCCCCCCCCCOC(=O)CCCCCCCCCCCCCCCCCCCCC. The van der Waals surface area contributed by atoms with E-state index >= 15 is 0 Å². The number of ether oxygens (including phenoxy) is 1. The minimum atomic E-state index is -0.844. The Kier molecular flexibility index (Phi) is 70.4. The number of nitrogens with one attached hydrogen (secondary N) is 1. The number of allylic oxidation sites excluding steroid dienone is 3.